The first kappa shape index (κ1) is 19.7. The highest BCUT2D eigenvalue weighted by molar-refractivity contribution is 6.30. The second kappa shape index (κ2) is 8.64. The normalized spacial score (nSPS) is 10.0. The van der Waals surface area contributed by atoms with Crippen molar-refractivity contribution < 1.29 is 31.3 Å². The minimum absolute atomic E-state index is 0. The minimum atomic E-state index is -0.499. The molecule has 0 atom stereocenters. The molecule has 0 amide bonds. The molecule has 0 saturated heterocycles. The van der Waals surface area contributed by atoms with Gasteiger partial charge >= 0.3 is 0 Å². The van der Waals surface area contributed by atoms with Crippen molar-refractivity contribution >= 4 is 23.1 Å². The number of nitrogens with zero attached hydrogens (tertiary/aromatic N) is 3. The summed E-state index contributed by atoms with van der Waals surface area (Å²) in [6.45, 7) is 0.0979. The van der Waals surface area contributed by atoms with Gasteiger partial charge in [-0.15, -0.1) is 0 Å². The Morgan fingerprint density at radius 2 is 1.88 bits per heavy atom. The van der Waals surface area contributed by atoms with Crippen molar-refractivity contribution in [1.82, 2.24) is 4.98 Å². The monoisotopic (exact) mass is 433 g/mol. The highest BCUT2D eigenvalue weighted by atomic mass is 79.9. The van der Waals surface area contributed by atoms with Crippen molar-refractivity contribution in [3.05, 3.63) is 87.8 Å². The quantitative estimate of drug-likeness (QED) is 0.253. The van der Waals surface area contributed by atoms with E-state index in [9.17, 15) is 14.9 Å². The summed E-state index contributed by atoms with van der Waals surface area (Å²) in [7, 11) is 0. The number of ketones is 1. The average molecular weight is 435 g/mol. The first-order valence-electron chi connectivity index (χ1n) is 7.41. The second-order valence-electron chi connectivity index (χ2n) is 5.36. The molecule has 0 spiro atoms. The number of rotatable bonds is 5. The summed E-state index contributed by atoms with van der Waals surface area (Å²) in [6, 6.07) is 14.7. The summed E-state index contributed by atoms with van der Waals surface area (Å²) < 4.78 is 1.65. The van der Waals surface area contributed by atoms with Crippen LogP contribution in [0.5, 0.6) is 0 Å². The maximum atomic E-state index is 12.3. The molecule has 0 aliphatic heterocycles. The van der Waals surface area contributed by atoms with Gasteiger partial charge in [-0.2, -0.15) is 0 Å². The first-order valence-corrected chi connectivity index (χ1v) is 7.79. The third-order valence-corrected chi connectivity index (χ3v) is 3.85. The number of hydrogen-bond acceptors (Lipinski definition) is 4. The third kappa shape index (κ3) is 4.71. The lowest BCUT2D eigenvalue weighted by Crippen LogP contribution is -3.00. The van der Waals surface area contributed by atoms with E-state index in [4.69, 9.17) is 11.6 Å². The fourth-order valence-electron chi connectivity index (χ4n) is 2.32. The molecule has 0 aliphatic rings. The molecule has 132 valence electrons. The Hall–Kier alpha value is -2.64. The number of nitro groups is 1. The van der Waals surface area contributed by atoms with Crippen molar-refractivity contribution in [3.8, 4) is 11.3 Å². The van der Waals surface area contributed by atoms with E-state index >= 15 is 0 Å². The van der Waals surface area contributed by atoms with Crippen LogP contribution in [0.2, 0.25) is 5.02 Å². The molecule has 0 N–H and O–H groups in total. The predicted molar refractivity (Wildman–Crippen MR) is 92.3 cm³/mol. The number of benzene rings is 2. The summed E-state index contributed by atoms with van der Waals surface area (Å²) in [5.41, 5.74) is 2.01. The molecule has 3 aromatic rings. The summed E-state index contributed by atoms with van der Waals surface area (Å²) in [6.07, 6.45) is 3.33. The standard InChI is InChI=1S/C18H13ClN3O3.BrH/c19-15-3-1-2-14(10-15)17-8-9-21(12-20-17)11-18(23)13-4-6-16(7-5-13)22(24)25;/h1-10,12H,11H2;1H/q+1;/p-1. The maximum absolute atomic E-state index is 12.3. The van der Waals surface area contributed by atoms with E-state index in [1.807, 2.05) is 18.2 Å². The van der Waals surface area contributed by atoms with Crippen LogP contribution in [0.4, 0.5) is 5.69 Å². The highest BCUT2D eigenvalue weighted by Gasteiger charge is 2.13. The first-order chi connectivity index (χ1) is 12.0. The molecular weight excluding hydrogens is 422 g/mol. The van der Waals surface area contributed by atoms with Gasteiger partial charge in [-0.1, -0.05) is 23.7 Å². The number of nitro benzene ring substituents is 1. The van der Waals surface area contributed by atoms with Gasteiger partial charge in [-0.3, -0.25) is 14.9 Å². The fourth-order valence-corrected chi connectivity index (χ4v) is 2.51. The van der Waals surface area contributed by atoms with E-state index in [-0.39, 0.29) is 35.0 Å². The van der Waals surface area contributed by atoms with E-state index < -0.39 is 4.92 Å². The van der Waals surface area contributed by atoms with Crippen LogP contribution in [0, 0.1) is 10.1 Å². The lowest BCUT2D eigenvalue weighted by molar-refractivity contribution is -0.686. The van der Waals surface area contributed by atoms with Crippen LogP contribution in [0.15, 0.2) is 67.1 Å². The maximum Gasteiger partial charge on any atom is 0.287 e. The lowest BCUT2D eigenvalue weighted by atomic mass is 10.1. The van der Waals surface area contributed by atoms with E-state index in [2.05, 4.69) is 4.98 Å². The summed E-state index contributed by atoms with van der Waals surface area (Å²) >= 11 is 5.97. The number of hydrogen-bond donors (Lipinski definition) is 0. The number of aromatic nitrogens is 2. The fraction of sp³-hybridized carbons (Fsp3) is 0.0556. The molecular formula is C18H13BrClN3O3. The van der Waals surface area contributed by atoms with Crippen molar-refractivity contribution in [3.63, 3.8) is 0 Å². The van der Waals surface area contributed by atoms with Gasteiger partial charge in [0.05, 0.1) is 11.1 Å². The van der Waals surface area contributed by atoms with Crippen LogP contribution in [-0.4, -0.2) is 15.7 Å². The zero-order valence-corrected chi connectivity index (χ0v) is 15.7. The Labute approximate surface area is 165 Å². The molecule has 3 rings (SSSR count). The van der Waals surface area contributed by atoms with Gasteiger partial charge in [0.25, 0.3) is 12.0 Å². The molecule has 0 fully saturated rings. The molecule has 1 aromatic heterocycles. The molecule has 6 nitrogen and oxygen atoms in total. The molecule has 8 heteroatoms. The largest absolute Gasteiger partial charge is 1.00 e. The average Bonchev–Trinajstić information content (AvgIpc) is 2.62. The molecule has 0 aliphatic carbocycles. The Kier molecular flexibility index (Phi) is 6.54. The Morgan fingerprint density at radius 3 is 2.46 bits per heavy atom. The van der Waals surface area contributed by atoms with Crippen molar-refractivity contribution in [2.24, 2.45) is 0 Å². The zero-order valence-electron chi connectivity index (χ0n) is 13.4. The topological polar surface area (TPSA) is 77.0 Å². The van der Waals surface area contributed by atoms with Crippen LogP contribution in [0.25, 0.3) is 11.3 Å². The van der Waals surface area contributed by atoms with E-state index in [1.165, 1.54) is 24.3 Å². The molecule has 26 heavy (non-hydrogen) atoms. The number of halogens is 2. The highest BCUT2D eigenvalue weighted by Crippen LogP contribution is 2.19. The van der Waals surface area contributed by atoms with Gasteiger partial charge in [0, 0.05) is 34.3 Å². The van der Waals surface area contributed by atoms with Gasteiger partial charge in [0.15, 0.2) is 12.2 Å². The predicted octanol–water partition coefficient (Wildman–Crippen LogP) is 0.485. The SMILES string of the molecule is O=C(C[n+]1ccc(-c2cccc(Cl)c2)nc1)c1ccc([N+](=O)[O-])cc1.[Br-]. The van der Waals surface area contributed by atoms with Gasteiger partial charge < -0.3 is 17.0 Å². The minimum Gasteiger partial charge on any atom is -1.00 e. The van der Waals surface area contributed by atoms with Crippen LogP contribution in [0.3, 0.4) is 0 Å². The molecule has 1 heterocycles. The number of carbonyl (C=O) groups excluding carboxylic acids is 1. The molecule has 0 unspecified atom stereocenters. The second-order valence-corrected chi connectivity index (χ2v) is 5.79. The van der Waals surface area contributed by atoms with Gasteiger partial charge in [0.2, 0.25) is 5.78 Å². The van der Waals surface area contributed by atoms with Crippen molar-refractivity contribution in [2.75, 3.05) is 0 Å². The summed E-state index contributed by atoms with van der Waals surface area (Å²) in [4.78, 5) is 26.7. The smallest absolute Gasteiger partial charge is 0.287 e. The Bertz CT molecular complexity index is 931. The Morgan fingerprint density at radius 1 is 1.15 bits per heavy atom. The van der Waals surface area contributed by atoms with Gasteiger partial charge in [-0.25, -0.2) is 4.57 Å². The van der Waals surface area contributed by atoms with Crippen LogP contribution >= 0.6 is 11.6 Å². The van der Waals surface area contributed by atoms with E-state index in [0.29, 0.717) is 10.6 Å². The number of carbonyl (C=O) groups is 1. The zero-order chi connectivity index (χ0) is 17.8. The molecule has 0 saturated carbocycles. The summed E-state index contributed by atoms with van der Waals surface area (Å²) in [5.74, 6) is -0.155. The van der Waals surface area contributed by atoms with Crippen LogP contribution in [-0.2, 0) is 6.54 Å². The molecule has 0 bridgehead atoms. The van der Waals surface area contributed by atoms with Crippen molar-refractivity contribution in [1.29, 1.82) is 0 Å². The van der Waals surface area contributed by atoms with Crippen LogP contribution < -0.4 is 21.5 Å². The summed E-state index contributed by atoms with van der Waals surface area (Å²) in [5, 5.41) is 11.3. The van der Waals surface area contributed by atoms with Crippen molar-refractivity contribution in [2.45, 2.75) is 6.54 Å². The molecule has 0 radical (unpaired) electrons. The molecule has 2 aromatic carbocycles. The van der Waals surface area contributed by atoms with E-state index in [0.717, 1.165) is 11.3 Å². The number of Topliss-reactive ketones (excluding diaryl/α,β-unsaturated/α-hetero) is 1. The number of non-ortho nitro benzene ring substituents is 1. The third-order valence-electron chi connectivity index (χ3n) is 3.62. The van der Waals surface area contributed by atoms with Gasteiger partial charge in [-0.05, 0) is 29.2 Å². The Balaban J connectivity index is 0.00000243. The van der Waals surface area contributed by atoms with Crippen LogP contribution in [0.1, 0.15) is 10.4 Å². The lowest BCUT2D eigenvalue weighted by Gasteiger charge is -2.01. The van der Waals surface area contributed by atoms with Gasteiger partial charge in [0.1, 0.15) is 0 Å². The van der Waals surface area contributed by atoms with E-state index in [1.54, 1.807) is 29.2 Å².